The Hall–Kier alpha value is -2.45. The standard InChI is InChI=1S/C24H33N5O3/c1-27-22-18(15-28-13-9-17(10-14-28)16-7-11-25-12-8-16)3-2-4-19(22)29(24(27)32)20-5-6-21(30)26-23(20)31/h2-4,16-17,20,25H,5-15H2,1H3,(H,26,30,31). The van der Waals surface area contributed by atoms with Gasteiger partial charge in [0.25, 0.3) is 0 Å². The lowest BCUT2D eigenvalue weighted by Crippen LogP contribution is -2.44. The Labute approximate surface area is 187 Å². The van der Waals surface area contributed by atoms with Crippen LogP contribution in [0.4, 0.5) is 0 Å². The van der Waals surface area contributed by atoms with E-state index in [0.717, 1.165) is 61.2 Å². The highest BCUT2D eigenvalue weighted by molar-refractivity contribution is 6.00. The number of nitrogens with zero attached hydrogens (tertiary/aromatic N) is 3. The van der Waals surface area contributed by atoms with Crippen LogP contribution in [-0.2, 0) is 23.2 Å². The number of hydrogen-bond acceptors (Lipinski definition) is 5. The lowest BCUT2D eigenvalue weighted by molar-refractivity contribution is -0.135. The number of fused-ring (bicyclic) bond motifs is 1. The second-order valence-electron chi connectivity index (χ2n) is 9.66. The number of likely N-dealkylation sites (tertiary alicyclic amines) is 1. The third kappa shape index (κ3) is 3.90. The summed E-state index contributed by atoms with van der Waals surface area (Å²) in [5.41, 5.74) is 2.58. The Bertz CT molecular complexity index is 1070. The van der Waals surface area contributed by atoms with E-state index in [9.17, 15) is 14.4 Å². The number of benzene rings is 1. The van der Waals surface area contributed by atoms with Gasteiger partial charge in [0.15, 0.2) is 0 Å². The monoisotopic (exact) mass is 439 g/mol. The van der Waals surface area contributed by atoms with E-state index in [1.807, 2.05) is 12.1 Å². The molecule has 5 rings (SSSR count). The molecule has 4 heterocycles. The molecule has 2 N–H and O–H groups in total. The number of hydrogen-bond donors (Lipinski definition) is 2. The van der Waals surface area contributed by atoms with Gasteiger partial charge in [-0.15, -0.1) is 0 Å². The van der Waals surface area contributed by atoms with Crippen LogP contribution in [-0.4, -0.2) is 52.0 Å². The van der Waals surface area contributed by atoms with E-state index in [4.69, 9.17) is 0 Å². The Kier molecular flexibility index (Phi) is 5.90. The highest BCUT2D eigenvalue weighted by Crippen LogP contribution is 2.32. The number of carbonyl (C=O) groups excluding carboxylic acids is 2. The van der Waals surface area contributed by atoms with Crippen molar-refractivity contribution in [2.45, 2.75) is 51.1 Å². The van der Waals surface area contributed by atoms with Gasteiger partial charge in [-0.2, -0.15) is 0 Å². The molecule has 3 aliphatic heterocycles. The van der Waals surface area contributed by atoms with E-state index in [1.165, 1.54) is 25.7 Å². The highest BCUT2D eigenvalue weighted by atomic mass is 16.2. The van der Waals surface area contributed by atoms with Crippen LogP contribution in [0, 0.1) is 11.8 Å². The maximum atomic E-state index is 13.1. The van der Waals surface area contributed by atoms with Crippen molar-refractivity contribution in [3.05, 3.63) is 34.2 Å². The largest absolute Gasteiger partial charge is 0.329 e. The maximum absolute atomic E-state index is 13.1. The molecule has 2 amide bonds. The molecule has 8 heteroatoms. The van der Waals surface area contributed by atoms with E-state index >= 15 is 0 Å². The van der Waals surface area contributed by atoms with Gasteiger partial charge in [0.1, 0.15) is 6.04 Å². The SMILES string of the molecule is Cn1c(=O)n(C2CCC(=O)NC2=O)c2cccc(CN3CCC(C4CCNCC4)CC3)c21. The molecule has 8 nitrogen and oxygen atoms in total. The lowest BCUT2D eigenvalue weighted by Gasteiger charge is -2.37. The fourth-order valence-electron chi connectivity index (χ4n) is 6.02. The number of aromatic nitrogens is 2. The smallest absolute Gasteiger partial charge is 0.317 e. The lowest BCUT2D eigenvalue weighted by atomic mass is 9.79. The molecular formula is C24H33N5O3. The van der Waals surface area contributed by atoms with Crippen molar-refractivity contribution in [3.63, 3.8) is 0 Å². The molecule has 172 valence electrons. The first-order valence-electron chi connectivity index (χ1n) is 12.0. The van der Waals surface area contributed by atoms with Crippen LogP contribution in [0.1, 0.15) is 50.1 Å². The second-order valence-corrected chi connectivity index (χ2v) is 9.66. The zero-order valence-electron chi connectivity index (χ0n) is 18.8. The predicted molar refractivity (Wildman–Crippen MR) is 122 cm³/mol. The first-order valence-corrected chi connectivity index (χ1v) is 12.0. The third-order valence-corrected chi connectivity index (χ3v) is 7.78. The van der Waals surface area contributed by atoms with Crippen LogP contribution >= 0.6 is 0 Å². The predicted octanol–water partition coefficient (Wildman–Crippen LogP) is 1.53. The second kappa shape index (κ2) is 8.83. The van der Waals surface area contributed by atoms with Crippen molar-refractivity contribution >= 4 is 22.8 Å². The zero-order chi connectivity index (χ0) is 22.2. The quantitative estimate of drug-likeness (QED) is 0.706. The fourth-order valence-corrected chi connectivity index (χ4v) is 6.02. The number of rotatable bonds is 4. The summed E-state index contributed by atoms with van der Waals surface area (Å²) < 4.78 is 3.24. The van der Waals surface area contributed by atoms with Crippen LogP contribution in [0.15, 0.2) is 23.0 Å². The Morgan fingerprint density at radius 3 is 2.41 bits per heavy atom. The van der Waals surface area contributed by atoms with Gasteiger partial charge in [0.2, 0.25) is 11.8 Å². The van der Waals surface area contributed by atoms with Crippen molar-refractivity contribution in [2.24, 2.45) is 18.9 Å². The molecule has 1 aromatic heterocycles. The molecule has 3 aliphatic rings. The molecule has 1 atom stereocenters. The molecule has 2 aromatic rings. The van der Waals surface area contributed by atoms with Gasteiger partial charge in [0, 0.05) is 20.0 Å². The van der Waals surface area contributed by atoms with Crippen molar-refractivity contribution in [3.8, 4) is 0 Å². The number of amides is 2. The minimum atomic E-state index is -0.639. The summed E-state index contributed by atoms with van der Waals surface area (Å²) in [6.45, 7) is 5.30. The molecule has 3 saturated heterocycles. The molecule has 0 bridgehead atoms. The van der Waals surface area contributed by atoms with Crippen LogP contribution in [0.25, 0.3) is 11.0 Å². The van der Waals surface area contributed by atoms with Gasteiger partial charge in [-0.05, 0) is 81.7 Å². The molecule has 0 aliphatic carbocycles. The van der Waals surface area contributed by atoms with Crippen molar-refractivity contribution in [1.29, 1.82) is 0 Å². The molecule has 32 heavy (non-hydrogen) atoms. The average Bonchev–Trinajstić information content (AvgIpc) is 3.06. The van der Waals surface area contributed by atoms with E-state index in [2.05, 4.69) is 21.6 Å². The van der Waals surface area contributed by atoms with E-state index in [0.29, 0.717) is 6.42 Å². The number of carbonyl (C=O) groups is 2. The van der Waals surface area contributed by atoms with Gasteiger partial charge in [0.05, 0.1) is 11.0 Å². The molecule has 0 spiro atoms. The minimum absolute atomic E-state index is 0.202. The van der Waals surface area contributed by atoms with Crippen LogP contribution in [0.2, 0.25) is 0 Å². The summed E-state index contributed by atoms with van der Waals surface area (Å²) in [4.78, 5) is 39.7. The minimum Gasteiger partial charge on any atom is -0.317 e. The van der Waals surface area contributed by atoms with Gasteiger partial charge in [-0.3, -0.25) is 28.9 Å². The summed E-state index contributed by atoms with van der Waals surface area (Å²) in [7, 11) is 1.78. The third-order valence-electron chi connectivity index (χ3n) is 7.78. The zero-order valence-corrected chi connectivity index (χ0v) is 18.8. The van der Waals surface area contributed by atoms with Gasteiger partial charge >= 0.3 is 5.69 Å². The summed E-state index contributed by atoms with van der Waals surface area (Å²) >= 11 is 0. The summed E-state index contributed by atoms with van der Waals surface area (Å²) in [6, 6.07) is 5.34. The van der Waals surface area contributed by atoms with Crippen LogP contribution < -0.4 is 16.3 Å². The number of para-hydroxylation sites is 1. The molecule has 1 unspecified atom stereocenters. The number of aryl methyl sites for hydroxylation is 1. The first-order chi connectivity index (χ1) is 15.5. The normalized spacial score (nSPS) is 24.2. The maximum Gasteiger partial charge on any atom is 0.329 e. The molecular weight excluding hydrogens is 406 g/mol. The first kappa shape index (κ1) is 21.4. The average molecular weight is 440 g/mol. The van der Waals surface area contributed by atoms with Crippen molar-refractivity contribution in [2.75, 3.05) is 26.2 Å². The summed E-state index contributed by atoms with van der Waals surface area (Å²) in [5.74, 6) is 1.04. The van der Waals surface area contributed by atoms with Crippen molar-refractivity contribution < 1.29 is 9.59 Å². The fraction of sp³-hybridized carbons (Fsp3) is 0.625. The van der Waals surface area contributed by atoms with E-state index < -0.39 is 6.04 Å². The Morgan fingerprint density at radius 1 is 0.969 bits per heavy atom. The van der Waals surface area contributed by atoms with Crippen molar-refractivity contribution in [1.82, 2.24) is 24.7 Å². The Morgan fingerprint density at radius 2 is 1.69 bits per heavy atom. The topological polar surface area (TPSA) is 88.4 Å². The molecule has 0 radical (unpaired) electrons. The number of imidazole rings is 1. The number of imide groups is 1. The van der Waals surface area contributed by atoms with Crippen LogP contribution in [0.5, 0.6) is 0 Å². The summed E-state index contributed by atoms with van der Waals surface area (Å²) in [5, 5.41) is 5.85. The molecule has 3 fully saturated rings. The highest BCUT2D eigenvalue weighted by Gasteiger charge is 2.32. The summed E-state index contributed by atoms with van der Waals surface area (Å²) in [6.07, 6.45) is 5.72. The van der Waals surface area contributed by atoms with Gasteiger partial charge in [-0.25, -0.2) is 4.79 Å². The van der Waals surface area contributed by atoms with Gasteiger partial charge in [-0.1, -0.05) is 12.1 Å². The van der Waals surface area contributed by atoms with E-state index in [1.54, 1.807) is 16.2 Å². The van der Waals surface area contributed by atoms with Gasteiger partial charge < -0.3 is 5.32 Å². The number of piperidine rings is 3. The Balaban J connectivity index is 1.36. The molecule has 1 aromatic carbocycles. The molecule has 0 saturated carbocycles. The van der Waals surface area contributed by atoms with Crippen LogP contribution in [0.3, 0.4) is 0 Å². The van der Waals surface area contributed by atoms with E-state index in [-0.39, 0.29) is 23.9 Å². The number of nitrogens with one attached hydrogen (secondary N) is 2.